The van der Waals surface area contributed by atoms with Gasteiger partial charge in [0.2, 0.25) is 5.91 Å². The number of pyridine rings is 1. The van der Waals surface area contributed by atoms with Crippen LogP contribution in [0.1, 0.15) is 39.4 Å². The Morgan fingerprint density at radius 2 is 2.00 bits per heavy atom. The second-order valence-electron chi connectivity index (χ2n) is 7.54. The van der Waals surface area contributed by atoms with E-state index in [0.717, 1.165) is 18.2 Å². The summed E-state index contributed by atoms with van der Waals surface area (Å²) < 4.78 is 29.8. The Morgan fingerprint density at radius 1 is 1.18 bits per heavy atom. The summed E-state index contributed by atoms with van der Waals surface area (Å²) in [7, 11) is 1.58. The minimum atomic E-state index is -0.802. The molecule has 2 aromatic heterocycles. The molecule has 2 aromatic carbocycles. The molecule has 6 nitrogen and oxygen atoms in total. The number of aromatic nitrogens is 3. The van der Waals surface area contributed by atoms with Crippen molar-refractivity contribution in [1.29, 1.82) is 0 Å². The number of halogens is 2. The van der Waals surface area contributed by atoms with Crippen LogP contribution in [0.25, 0.3) is 10.9 Å². The average molecular weight is 456 g/mol. The number of fused-ring (bicyclic) bond motifs is 1. The zero-order chi connectivity index (χ0) is 24.2. The van der Waals surface area contributed by atoms with Crippen molar-refractivity contribution in [2.24, 2.45) is 12.8 Å². The molecule has 1 unspecified atom stereocenters. The number of carbonyl (C=O) groups excluding carboxylic acids is 1. The Kier molecular flexibility index (Phi) is 6.24. The van der Waals surface area contributed by atoms with E-state index in [4.69, 9.17) is 5.73 Å². The van der Waals surface area contributed by atoms with Crippen LogP contribution in [-0.4, -0.2) is 20.7 Å². The van der Waals surface area contributed by atoms with Crippen molar-refractivity contribution in [3.63, 3.8) is 0 Å². The fourth-order valence-electron chi connectivity index (χ4n) is 3.70. The molecule has 0 aliphatic rings. The molecule has 0 saturated heterocycles. The third-order valence-electron chi connectivity index (χ3n) is 5.40. The van der Waals surface area contributed by atoms with E-state index >= 15 is 0 Å². The highest BCUT2D eigenvalue weighted by Gasteiger charge is 2.21. The molecule has 1 atom stereocenters. The van der Waals surface area contributed by atoms with Gasteiger partial charge >= 0.3 is 0 Å². The number of amides is 1. The van der Waals surface area contributed by atoms with Gasteiger partial charge in [-0.15, -0.1) is 0 Å². The lowest BCUT2D eigenvalue weighted by atomic mass is 9.89. The number of carbonyl (C=O) groups is 1. The maximum atomic E-state index is 14.6. The zero-order valence-electron chi connectivity index (χ0n) is 18.0. The first-order valence-electron chi connectivity index (χ1n) is 10.2. The van der Waals surface area contributed by atoms with Crippen LogP contribution >= 0.6 is 0 Å². The van der Waals surface area contributed by atoms with Crippen molar-refractivity contribution in [2.45, 2.75) is 12.3 Å². The number of nitrogens with zero attached hydrogens (tertiary/aromatic N) is 2. The van der Waals surface area contributed by atoms with Crippen LogP contribution in [0.15, 0.2) is 59.7 Å². The number of nitrogens with two attached hydrogens (primary N) is 1. The van der Waals surface area contributed by atoms with Gasteiger partial charge in [-0.25, -0.2) is 8.78 Å². The molecule has 0 saturated carbocycles. The molecule has 0 aliphatic carbocycles. The van der Waals surface area contributed by atoms with Crippen LogP contribution in [0.4, 0.5) is 8.78 Å². The van der Waals surface area contributed by atoms with E-state index in [1.165, 1.54) is 10.8 Å². The molecule has 0 bridgehead atoms. The van der Waals surface area contributed by atoms with Gasteiger partial charge in [-0.3, -0.25) is 14.7 Å². The molecular weight excluding hydrogens is 438 g/mol. The van der Waals surface area contributed by atoms with E-state index in [-0.39, 0.29) is 28.7 Å². The Labute approximate surface area is 193 Å². The van der Waals surface area contributed by atoms with E-state index < -0.39 is 23.5 Å². The Morgan fingerprint density at radius 3 is 2.79 bits per heavy atom. The van der Waals surface area contributed by atoms with Crippen molar-refractivity contribution in [2.75, 3.05) is 0 Å². The summed E-state index contributed by atoms with van der Waals surface area (Å²) in [5.74, 6) is 8.33. The maximum Gasteiger partial charge on any atom is 0.254 e. The van der Waals surface area contributed by atoms with Crippen LogP contribution in [0, 0.1) is 35.3 Å². The molecule has 8 heteroatoms. The molecule has 0 fully saturated rings. The summed E-state index contributed by atoms with van der Waals surface area (Å²) in [5.41, 5.74) is 6.75. The number of H-pyrrole nitrogens is 1. The molecule has 34 heavy (non-hydrogen) atoms. The highest BCUT2D eigenvalue weighted by Crippen LogP contribution is 2.28. The molecule has 168 valence electrons. The molecule has 0 radical (unpaired) electrons. The molecule has 0 aliphatic heterocycles. The SMILES string of the molecule is Cn1cccc(C(CC#CC#Cc2c(C(N)=O)ccc3[nH]ncc23)c2cc(F)ccc2F)c1=O. The van der Waals surface area contributed by atoms with Crippen molar-refractivity contribution >= 4 is 16.8 Å². The third kappa shape index (κ3) is 4.43. The number of hydrogen-bond donors (Lipinski definition) is 2. The summed E-state index contributed by atoms with van der Waals surface area (Å²) in [4.78, 5) is 24.5. The largest absolute Gasteiger partial charge is 0.366 e. The van der Waals surface area contributed by atoms with Gasteiger partial charge in [0.25, 0.3) is 5.56 Å². The van der Waals surface area contributed by atoms with Gasteiger partial charge in [-0.2, -0.15) is 5.10 Å². The predicted molar refractivity (Wildman–Crippen MR) is 124 cm³/mol. The first kappa shape index (κ1) is 22.5. The lowest BCUT2D eigenvalue weighted by Gasteiger charge is -2.16. The fourth-order valence-corrected chi connectivity index (χ4v) is 3.70. The number of rotatable bonds is 4. The van der Waals surface area contributed by atoms with E-state index in [9.17, 15) is 18.4 Å². The van der Waals surface area contributed by atoms with Gasteiger partial charge in [-0.1, -0.05) is 17.9 Å². The zero-order valence-corrected chi connectivity index (χ0v) is 18.0. The van der Waals surface area contributed by atoms with Crippen LogP contribution in [0.5, 0.6) is 0 Å². The first-order valence-corrected chi connectivity index (χ1v) is 10.2. The number of aryl methyl sites for hydroxylation is 1. The topological polar surface area (TPSA) is 93.8 Å². The molecule has 3 N–H and O–H groups in total. The summed E-state index contributed by atoms with van der Waals surface area (Å²) in [6, 6.07) is 9.57. The molecule has 0 spiro atoms. The van der Waals surface area contributed by atoms with Crippen LogP contribution < -0.4 is 11.3 Å². The van der Waals surface area contributed by atoms with Crippen molar-refractivity contribution in [3.8, 4) is 23.7 Å². The third-order valence-corrected chi connectivity index (χ3v) is 5.40. The Bertz CT molecular complexity index is 1600. The maximum absolute atomic E-state index is 14.6. The quantitative estimate of drug-likeness (QED) is 0.462. The second-order valence-corrected chi connectivity index (χ2v) is 7.54. The average Bonchev–Trinajstić information content (AvgIpc) is 3.29. The highest BCUT2D eigenvalue weighted by molar-refractivity contribution is 6.01. The summed E-state index contributed by atoms with van der Waals surface area (Å²) >= 11 is 0. The van der Waals surface area contributed by atoms with Crippen molar-refractivity contribution in [1.82, 2.24) is 14.8 Å². The van der Waals surface area contributed by atoms with Crippen LogP contribution in [-0.2, 0) is 7.05 Å². The highest BCUT2D eigenvalue weighted by atomic mass is 19.1. The lowest BCUT2D eigenvalue weighted by molar-refractivity contribution is 0.1000. The van der Waals surface area contributed by atoms with Crippen molar-refractivity contribution in [3.05, 3.63) is 99.1 Å². The standard InChI is InChI=1S/C26H18F2N4O2/c1-32-13-5-8-20(26(32)34)18(21-14-16(27)9-11-23(21)28)7-4-2-3-6-17-19(25(29)33)10-12-24-22(17)15-30-31-24/h5,8-15,18H,7H2,1H3,(H2,29,33)(H,30,31). The number of primary amides is 1. The Balaban J connectivity index is 1.72. The van der Waals surface area contributed by atoms with Gasteiger partial charge in [0.15, 0.2) is 0 Å². The minimum Gasteiger partial charge on any atom is -0.366 e. The fraction of sp³-hybridized carbons (Fsp3) is 0.115. The van der Waals surface area contributed by atoms with Gasteiger partial charge in [0.1, 0.15) is 11.6 Å². The summed E-state index contributed by atoms with van der Waals surface area (Å²) in [6.45, 7) is 0. The molecular formula is C26H18F2N4O2. The van der Waals surface area contributed by atoms with Gasteiger partial charge in [-0.05, 0) is 53.8 Å². The molecule has 4 rings (SSSR count). The second kappa shape index (κ2) is 9.43. The molecule has 2 heterocycles. The van der Waals surface area contributed by atoms with E-state index in [1.807, 2.05) is 0 Å². The van der Waals surface area contributed by atoms with E-state index in [2.05, 4.69) is 33.9 Å². The number of hydrogen-bond acceptors (Lipinski definition) is 3. The van der Waals surface area contributed by atoms with Gasteiger partial charge in [0.05, 0.1) is 17.3 Å². The van der Waals surface area contributed by atoms with Crippen molar-refractivity contribution < 1.29 is 13.6 Å². The number of nitrogens with one attached hydrogen (secondary N) is 1. The predicted octanol–water partition coefficient (Wildman–Crippen LogP) is 3.22. The monoisotopic (exact) mass is 456 g/mol. The van der Waals surface area contributed by atoms with Gasteiger partial charge in [0, 0.05) is 42.1 Å². The number of aromatic amines is 1. The lowest BCUT2D eigenvalue weighted by Crippen LogP contribution is -2.23. The number of benzene rings is 2. The van der Waals surface area contributed by atoms with E-state index in [0.29, 0.717) is 16.5 Å². The Hall–Kier alpha value is -4.69. The van der Waals surface area contributed by atoms with E-state index in [1.54, 1.807) is 37.5 Å². The summed E-state index contributed by atoms with van der Waals surface area (Å²) in [6.07, 6.45) is 3.13. The first-order chi connectivity index (χ1) is 16.4. The normalized spacial score (nSPS) is 11.3. The molecule has 1 amide bonds. The summed E-state index contributed by atoms with van der Waals surface area (Å²) in [5, 5.41) is 7.37. The minimum absolute atomic E-state index is 0.0207. The van der Waals surface area contributed by atoms with Gasteiger partial charge < -0.3 is 10.3 Å². The van der Waals surface area contributed by atoms with Crippen LogP contribution in [0.2, 0.25) is 0 Å². The van der Waals surface area contributed by atoms with Crippen LogP contribution in [0.3, 0.4) is 0 Å². The molecule has 4 aromatic rings. The smallest absolute Gasteiger partial charge is 0.254 e.